The number of hydrogen-bond acceptors (Lipinski definition) is 7. The third kappa shape index (κ3) is 6.04. The van der Waals surface area contributed by atoms with Crippen LogP contribution in [0.5, 0.6) is 11.5 Å². The molecule has 0 saturated carbocycles. The second-order valence-electron chi connectivity index (χ2n) is 9.57. The van der Waals surface area contributed by atoms with Gasteiger partial charge < -0.3 is 28.4 Å². The zero-order chi connectivity index (χ0) is 24.9. The van der Waals surface area contributed by atoms with Gasteiger partial charge in [0.15, 0.2) is 12.6 Å². The molecule has 7 atom stereocenters. The molecule has 2 aliphatic rings. The summed E-state index contributed by atoms with van der Waals surface area (Å²) in [4.78, 5) is 13.4. The molecule has 7 nitrogen and oxygen atoms in total. The number of ether oxygens (including phenoxy) is 6. The normalized spacial score (nSPS) is 29.9. The number of Topliss-reactive ketones (excluding diaryl/α,β-unsaturated/α-hetero) is 1. The first kappa shape index (κ1) is 25.6. The maximum absolute atomic E-state index is 13.4. The lowest BCUT2D eigenvalue weighted by atomic mass is 9.86. The molecule has 0 unspecified atom stereocenters. The molecule has 2 saturated heterocycles. The van der Waals surface area contributed by atoms with Crippen LogP contribution in [0.25, 0.3) is 0 Å². The standard InChI is InChI=1S/C28H36O7/c1-17-15-32-27(20-6-10-22(30-4)11-7-20)34-25(17)14-24(29)19(3)26-18(2)16-33-28(35-26)21-8-12-23(31-5)13-9-21/h6-13,17-19,25-28H,14-16H2,1-5H3/t17-,18+,19+,25-,26+,27+,28+/m1/s1. The minimum atomic E-state index is -0.505. The fourth-order valence-electron chi connectivity index (χ4n) is 4.63. The van der Waals surface area contributed by atoms with E-state index in [0.29, 0.717) is 19.6 Å². The Morgan fingerprint density at radius 1 is 0.829 bits per heavy atom. The average Bonchev–Trinajstić information content (AvgIpc) is 2.90. The third-order valence-electron chi connectivity index (χ3n) is 6.97. The number of carbonyl (C=O) groups excluding carboxylic acids is 1. The molecule has 0 N–H and O–H groups in total. The number of hydrogen-bond donors (Lipinski definition) is 0. The maximum Gasteiger partial charge on any atom is 0.184 e. The molecule has 7 heteroatoms. The molecule has 0 bridgehead atoms. The molecule has 190 valence electrons. The van der Waals surface area contributed by atoms with Gasteiger partial charge in [-0.15, -0.1) is 0 Å². The van der Waals surface area contributed by atoms with Crippen molar-refractivity contribution in [3.63, 3.8) is 0 Å². The van der Waals surface area contributed by atoms with Crippen molar-refractivity contribution in [1.82, 2.24) is 0 Å². The summed E-state index contributed by atoms with van der Waals surface area (Å²) in [6.07, 6.45) is -1.15. The summed E-state index contributed by atoms with van der Waals surface area (Å²) in [5.74, 6) is 1.61. The van der Waals surface area contributed by atoms with E-state index in [1.165, 1.54) is 0 Å². The number of benzene rings is 2. The highest BCUT2D eigenvalue weighted by molar-refractivity contribution is 5.81. The summed E-state index contributed by atoms with van der Waals surface area (Å²) in [6, 6.07) is 15.2. The van der Waals surface area contributed by atoms with E-state index in [1.54, 1.807) is 14.2 Å². The van der Waals surface area contributed by atoms with Crippen LogP contribution >= 0.6 is 0 Å². The Labute approximate surface area is 207 Å². The van der Waals surface area contributed by atoms with Crippen LogP contribution in [-0.2, 0) is 23.7 Å². The van der Waals surface area contributed by atoms with Crippen molar-refractivity contribution in [2.24, 2.45) is 17.8 Å². The molecule has 2 fully saturated rings. The highest BCUT2D eigenvalue weighted by Crippen LogP contribution is 2.36. The molecular formula is C28H36O7. The highest BCUT2D eigenvalue weighted by atomic mass is 16.7. The van der Waals surface area contributed by atoms with E-state index in [0.717, 1.165) is 22.6 Å². The smallest absolute Gasteiger partial charge is 0.184 e. The molecule has 0 amide bonds. The van der Waals surface area contributed by atoms with E-state index in [-0.39, 0.29) is 35.7 Å². The summed E-state index contributed by atoms with van der Waals surface area (Å²) in [5.41, 5.74) is 1.82. The quantitative estimate of drug-likeness (QED) is 0.516. The monoisotopic (exact) mass is 484 g/mol. The summed E-state index contributed by atoms with van der Waals surface area (Å²) in [5, 5.41) is 0. The van der Waals surface area contributed by atoms with Gasteiger partial charge in [0, 0.05) is 35.3 Å². The van der Waals surface area contributed by atoms with Crippen LogP contribution in [-0.4, -0.2) is 45.4 Å². The summed E-state index contributed by atoms with van der Waals surface area (Å²) >= 11 is 0. The first-order valence-corrected chi connectivity index (χ1v) is 12.2. The molecular weight excluding hydrogens is 448 g/mol. The van der Waals surface area contributed by atoms with Crippen molar-refractivity contribution >= 4 is 5.78 Å². The molecule has 2 aromatic rings. The Morgan fingerprint density at radius 3 is 1.83 bits per heavy atom. The number of carbonyl (C=O) groups is 1. The van der Waals surface area contributed by atoms with Crippen LogP contribution in [0.3, 0.4) is 0 Å². The Morgan fingerprint density at radius 2 is 1.31 bits per heavy atom. The lowest BCUT2D eigenvalue weighted by Gasteiger charge is -2.39. The Balaban J connectivity index is 1.38. The summed E-state index contributed by atoms with van der Waals surface area (Å²) < 4.78 is 34.9. The SMILES string of the molecule is COc1ccc([C@H]2OC[C@H](C)[C@@H]([C@@H](C)C(=O)C[C@H]3O[C@@H](c4ccc(OC)cc4)OC[C@H]3C)O2)cc1. The van der Waals surface area contributed by atoms with Gasteiger partial charge in [0.25, 0.3) is 0 Å². The molecule has 0 aliphatic carbocycles. The van der Waals surface area contributed by atoms with Crippen LogP contribution in [0.1, 0.15) is 50.9 Å². The predicted octanol–water partition coefficient (Wildman–Crippen LogP) is 5.10. The van der Waals surface area contributed by atoms with Gasteiger partial charge in [-0.25, -0.2) is 0 Å². The number of methoxy groups -OCH3 is 2. The van der Waals surface area contributed by atoms with Gasteiger partial charge in [-0.05, 0) is 24.3 Å². The minimum Gasteiger partial charge on any atom is -0.497 e. The Bertz CT molecular complexity index is 958. The molecule has 4 rings (SSSR count). The fraction of sp³-hybridized carbons (Fsp3) is 0.536. The fourth-order valence-corrected chi connectivity index (χ4v) is 4.63. The van der Waals surface area contributed by atoms with Crippen LogP contribution in [0.15, 0.2) is 48.5 Å². The van der Waals surface area contributed by atoms with Crippen molar-refractivity contribution in [3.8, 4) is 11.5 Å². The van der Waals surface area contributed by atoms with E-state index < -0.39 is 12.6 Å². The van der Waals surface area contributed by atoms with Gasteiger partial charge in [-0.1, -0.05) is 45.0 Å². The zero-order valence-corrected chi connectivity index (χ0v) is 21.1. The van der Waals surface area contributed by atoms with Gasteiger partial charge >= 0.3 is 0 Å². The van der Waals surface area contributed by atoms with Crippen molar-refractivity contribution in [1.29, 1.82) is 0 Å². The van der Waals surface area contributed by atoms with Crippen molar-refractivity contribution in [3.05, 3.63) is 59.7 Å². The molecule has 0 aromatic heterocycles. The molecule has 35 heavy (non-hydrogen) atoms. The maximum atomic E-state index is 13.4. The predicted molar refractivity (Wildman–Crippen MR) is 130 cm³/mol. The molecule has 2 aliphatic heterocycles. The molecule has 2 aromatic carbocycles. The van der Waals surface area contributed by atoms with Gasteiger partial charge in [-0.3, -0.25) is 4.79 Å². The second-order valence-corrected chi connectivity index (χ2v) is 9.57. The largest absolute Gasteiger partial charge is 0.497 e. The topological polar surface area (TPSA) is 72.5 Å². The minimum absolute atomic E-state index is 0.100. The van der Waals surface area contributed by atoms with E-state index in [4.69, 9.17) is 28.4 Å². The van der Waals surface area contributed by atoms with Crippen molar-refractivity contribution in [2.75, 3.05) is 27.4 Å². The zero-order valence-electron chi connectivity index (χ0n) is 21.1. The van der Waals surface area contributed by atoms with Crippen molar-refractivity contribution < 1.29 is 33.2 Å². The summed E-state index contributed by atoms with van der Waals surface area (Å²) in [6.45, 7) is 7.13. The third-order valence-corrected chi connectivity index (χ3v) is 6.97. The van der Waals surface area contributed by atoms with Crippen LogP contribution in [0.2, 0.25) is 0 Å². The van der Waals surface area contributed by atoms with Gasteiger partial charge in [0.1, 0.15) is 17.3 Å². The van der Waals surface area contributed by atoms with E-state index in [1.807, 2.05) is 55.5 Å². The van der Waals surface area contributed by atoms with Gasteiger partial charge in [0.2, 0.25) is 0 Å². The van der Waals surface area contributed by atoms with Crippen molar-refractivity contribution in [2.45, 2.75) is 52.0 Å². The number of ketones is 1. The van der Waals surface area contributed by atoms with E-state index in [9.17, 15) is 4.79 Å². The van der Waals surface area contributed by atoms with E-state index >= 15 is 0 Å². The molecule has 0 radical (unpaired) electrons. The second kappa shape index (κ2) is 11.5. The lowest BCUT2D eigenvalue weighted by Crippen LogP contribution is -2.43. The Hall–Kier alpha value is -2.45. The van der Waals surface area contributed by atoms with Crippen LogP contribution in [0.4, 0.5) is 0 Å². The van der Waals surface area contributed by atoms with Gasteiger partial charge in [0.05, 0.1) is 39.6 Å². The first-order chi connectivity index (χ1) is 16.9. The first-order valence-electron chi connectivity index (χ1n) is 12.2. The summed E-state index contributed by atoms with van der Waals surface area (Å²) in [7, 11) is 3.27. The molecule has 0 spiro atoms. The van der Waals surface area contributed by atoms with Gasteiger partial charge in [-0.2, -0.15) is 0 Å². The van der Waals surface area contributed by atoms with E-state index in [2.05, 4.69) is 13.8 Å². The van der Waals surface area contributed by atoms with Crippen LogP contribution < -0.4 is 9.47 Å². The highest BCUT2D eigenvalue weighted by Gasteiger charge is 2.39. The molecule has 2 heterocycles. The average molecular weight is 485 g/mol. The number of rotatable bonds is 8. The van der Waals surface area contributed by atoms with Crippen LogP contribution in [0, 0.1) is 17.8 Å². The Kier molecular flexibility index (Phi) is 8.44. The lowest BCUT2D eigenvalue weighted by molar-refractivity contribution is -0.250.